The van der Waals surface area contributed by atoms with E-state index in [0.717, 1.165) is 29.1 Å². The Bertz CT molecular complexity index is 917. The van der Waals surface area contributed by atoms with Gasteiger partial charge >= 0.3 is 0 Å². The number of carbonyl (C=O) groups is 2. The predicted octanol–water partition coefficient (Wildman–Crippen LogP) is 4.25. The highest BCUT2D eigenvalue weighted by Gasteiger charge is 2.20. The van der Waals surface area contributed by atoms with Gasteiger partial charge in [-0.25, -0.2) is 4.98 Å². The molecule has 0 atom stereocenters. The van der Waals surface area contributed by atoms with Gasteiger partial charge in [-0.1, -0.05) is 18.2 Å². The number of carbonyl (C=O) groups excluding carboxylic acids is 2. The number of likely N-dealkylation sites (tertiary alicyclic amines) is 1. The molecule has 1 saturated heterocycles. The monoisotopic (exact) mass is 383 g/mol. The van der Waals surface area contributed by atoms with Crippen molar-refractivity contribution in [2.45, 2.75) is 19.4 Å². The van der Waals surface area contributed by atoms with Gasteiger partial charge in [-0.2, -0.15) is 0 Å². The molecule has 0 bridgehead atoms. The lowest BCUT2D eigenvalue weighted by Gasteiger charge is -2.15. The summed E-state index contributed by atoms with van der Waals surface area (Å²) in [6, 6.07) is 11.4. The molecule has 0 aliphatic carbocycles. The molecule has 0 radical (unpaired) electrons. The maximum Gasteiger partial charge on any atom is 0.257 e. The number of aromatic nitrogens is 1. The second-order valence-electron chi connectivity index (χ2n) is 6.09. The van der Waals surface area contributed by atoms with E-state index in [4.69, 9.17) is 0 Å². The van der Waals surface area contributed by atoms with E-state index in [2.05, 4.69) is 10.3 Å². The number of nitrogens with zero attached hydrogens (tertiary/aromatic N) is 2. The fourth-order valence-electron chi connectivity index (χ4n) is 2.89. The van der Waals surface area contributed by atoms with E-state index in [1.807, 2.05) is 39.9 Å². The van der Waals surface area contributed by atoms with Gasteiger partial charge in [-0.15, -0.1) is 22.7 Å². The van der Waals surface area contributed by atoms with Crippen LogP contribution in [0.15, 0.2) is 47.2 Å². The van der Waals surface area contributed by atoms with Crippen LogP contribution in [0.5, 0.6) is 0 Å². The van der Waals surface area contributed by atoms with Crippen LogP contribution in [0.3, 0.4) is 0 Å². The molecule has 1 aliphatic rings. The van der Waals surface area contributed by atoms with Crippen molar-refractivity contribution in [1.29, 1.82) is 0 Å². The van der Waals surface area contributed by atoms with Crippen LogP contribution in [0, 0.1) is 0 Å². The zero-order valence-corrected chi connectivity index (χ0v) is 15.6. The van der Waals surface area contributed by atoms with Gasteiger partial charge in [0.2, 0.25) is 5.91 Å². The summed E-state index contributed by atoms with van der Waals surface area (Å²) in [5.74, 6) is 0.0259. The zero-order chi connectivity index (χ0) is 17.9. The minimum atomic E-state index is -0.180. The van der Waals surface area contributed by atoms with Gasteiger partial charge in [-0.3, -0.25) is 14.9 Å². The van der Waals surface area contributed by atoms with E-state index in [9.17, 15) is 9.59 Å². The SMILES string of the molecule is O=C(Nc1nc(-c2cccs2)cs1)c1ccc(CN2CCCC2=O)cc1. The maximum atomic E-state index is 12.4. The van der Waals surface area contributed by atoms with E-state index in [0.29, 0.717) is 23.7 Å². The second kappa shape index (κ2) is 7.39. The van der Waals surface area contributed by atoms with Crippen molar-refractivity contribution in [3.05, 3.63) is 58.3 Å². The number of amides is 2. The molecule has 3 heterocycles. The molecule has 3 aromatic rings. The Balaban J connectivity index is 1.39. The first kappa shape index (κ1) is 16.9. The average molecular weight is 383 g/mol. The molecule has 0 spiro atoms. The summed E-state index contributed by atoms with van der Waals surface area (Å²) in [6.45, 7) is 1.43. The van der Waals surface area contributed by atoms with Crippen LogP contribution in [0.2, 0.25) is 0 Å². The highest BCUT2D eigenvalue weighted by Crippen LogP contribution is 2.28. The summed E-state index contributed by atoms with van der Waals surface area (Å²) in [5.41, 5.74) is 2.49. The van der Waals surface area contributed by atoms with Crippen LogP contribution in [-0.2, 0) is 11.3 Å². The van der Waals surface area contributed by atoms with E-state index in [1.165, 1.54) is 11.3 Å². The molecule has 0 saturated carbocycles. The fraction of sp³-hybridized carbons (Fsp3) is 0.211. The van der Waals surface area contributed by atoms with E-state index in [1.54, 1.807) is 23.5 Å². The first-order valence-electron chi connectivity index (χ1n) is 8.36. The Kier molecular flexibility index (Phi) is 4.81. The number of thiazole rings is 1. The molecule has 4 rings (SSSR count). The quantitative estimate of drug-likeness (QED) is 0.717. The molecule has 1 aromatic carbocycles. The van der Waals surface area contributed by atoms with Crippen molar-refractivity contribution >= 4 is 39.6 Å². The minimum absolute atomic E-state index is 0.180. The van der Waals surface area contributed by atoms with Crippen LogP contribution in [0.4, 0.5) is 5.13 Å². The Hall–Kier alpha value is -2.51. The summed E-state index contributed by atoms with van der Waals surface area (Å²) >= 11 is 3.04. The molecule has 1 aliphatic heterocycles. The number of anilines is 1. The van der Waals surface area contributed by atoms with Crippen LogP contribution in [0.25, 0.3) is 10.6 Å². The zero-order valence-electron chi connectivity index (χ0n) is 14.0. The highest BCUT2D eigenvalue weighted by molar-refractivity contribution is 7.16. The molecular weight excluding hydrogens is 366 g/mol. The van der Waals surface area contributed by atoms with E-state index in [-0.39, 0.29) is 11.8 Å². The molecule has 26 heavy (non-hydrogen) atoms. The van der Waals surface area contributed by atoms with Crippen LogP contribution in [0.1, 0.15) is 28.8 Å². The Labute approximate surface area is 159 Å². The molecule has 2 aromatic heterocycles. The number of nitrogens with one attached hydrogen (secondary N) is 1. The first-order chi connectivity index (χ1) is 12.7. The predicted molar refractivity (Wildman–Crippen MR) is 104 cm³/mol. The van der Waals surface area contributed by atoms with E-state index >= 15 is 0 Å². The van der Waals surface area contributed by atoms with Crippen LogP contribution >= 0.6 is 22.7 Å². The van der Waals surface area contributed by atoms with Crippen molar-refractivity contribution in [3.8, 4) is 10.6 Å². The van der Waals surface area contributed by atoms with Gasteiger partial charge in [0.05, 0.1) is 10.6 Å². The third-order valence-corrected chi connectivity index (χ3v) is 5.91. The number of rotatable bonds is 5. The maximum absolute atomic E-state index is 12.4. The normalized spacial score (nSPS) is 14.0. The van der Waals surface area contributed by atoms with Gasteiger partial charge in [0.15, 0.2) is 5.13 Å². The summed E-state index contributed by atoms with van der Waals surface area (Å²) in [5, 5.41) is 7.38. The summed E-state index contributed by atoms with van der Waals surface area (Å²) in [7, 11) is 0. The Morgan fingerprint density at radius 1 is 1.19 bits per heavy atom. The van der Waals surface area contributed by atoms with Crippen molar-refractivity contribution in [3.63, 3.8) is 0 Å². The van der Waals surface area contributed by atoms with Crippen molar-refractivity contribution in [1.82, 2.24) is 9.88 Å². The number of benzene rings is 1. The Morgan fingerprint density at radius 3 is 2.73 bits per heavy atom. The number of thiophene rings is 1. The topological polar surface area (TPSA) is 62.3 Å². The molecule has 7 heteroatoms. The lowest BCUT2D eigenvalue weighted by atomic mass is 10.1. The molecule has 2 amide bonds. The largest absolute Gasteiger partial charge is 0.338 e. The van der Waals surface area contributed by atoms with Gasteiger partial charge < -0.3 is 4.90 Å². The van der Waals surface area contributed by atoms with Gasteiger partial charge in [-0.05, 0) is 35.6 Å². The first-order valence-corrected chi connectivity index (χ1v) is 10.1. The van der Waals surface area contributed by atoms with Crippen molar-refractivity contribution < 1.29 is 9.59 Å². The van der Waals surface area contributed by atoms with Crippen molar-refractivity contribution in [2.24, 2.45) is 0 Å². The lowest BCUT2D eigenvalue weighted by molar-refractivity contribution is -0.128. The smallest absolute Gasteiger partial charge is 0.257 e. The van der Waals surface area contributed by atoms with Crippen LogP contribution < -0.4 is 5.32 Å². The highest BCUT2D eigenvalue weighted by atomic mass is 32.1. The van der Waals surface area contributed by atoms with Gasteiger partial charge in [0.1, 0.15) is 0 Å². The molecule has 1 N–H and O–H groups in total. The third-order valence-electron chi connectivity index (χ3n) is 4.26. The standard InChI is InChI=1S/C19H17N3O2S2/c23-17-4-1-9-22(17)11-13-5-7-14(8-6-13)18(24)21-19-20-15(12-26-19)16-3-2-10-25-16/h2-3,5-8,10,12H,1,4,9,11H2,(H,20,21,24). The minimum Gasteiger partial charge on any atom is -0.338 e. The third kappa shape index (κ3) is 3.68. The lowest BCUT2D eigenvalue weighted by Crippen LogP contribution is -2.23. The number of hydrogen-bond donors (Lipinski definition) is 1. The van der Waals surface area contributed by atoms with Gasteiger partial charge in [0.25, 0.3) is 5.91 Å². The van der Waals surface area contributed by atoms with Crippen LogP contribution in [-0.4, -0.2) is 28.2 Å². The second-order valence-corrected chi connectivity index (χ2v) is 7.89. The Morgan fingerprint density at radius 2 is 2.04 bits per heavy atom. The molecule has 0 unspecified atom stereocenters. The molecule has 1 fully saturated rings. The summed E-state index contributed by atoms with van der Waals surface area (Å²) < 4.78 is 0. The fourth-order valence-corrected chi connectivity index (χ4v) is 4.36. The molecular formula is C19H17N3O2S2. The van der Waals surface area contributed by atoms with Crippen molar-refractivity contribution in [2.75, 3.05) is 11.9 Å². The van der Waals surface area contributed by atoms with Gasteiger partial charge in [0, 0.05) is 30.5 Å². The average Bonchev–Trinajstić information content (AvgIpc) is 3.38. The molecule has 132 valence electrons. The van der Waals surface area contributed by atoms with E-state index < -0.39 is 0 Å². The summed E-state index contributed by atoms with van der Waals surface area (Å²) in [4.78, 5) is 31.5. The molecule has 5 nitrogen and oxygen atoms in total. The number of hydrogen-bond acceptors (Lipinski definition) is 5. The summed E-state index contributed by atoms with van der Waals surface area (Å²) in [6.07, 6.45) is 1.57.